The Bertz CT molecular complexity index is 950. The molecule has 1 heterocycles. The fourth-order valence-corrected chi connectivity index (χ4v) is 3.84. The second-order valence-corrected chi connectivity index (χ2v) is 8.22. The highest BCUT2D eigenvalue weighted by Crippen LogP contribution is 2.21. The van der Waals surface area contributed by atoms with Crippen LogP contribution in [0.2, 0.25) is 0 Å². The number of aryl methyl sites for hydroxylation is 1. The molecule has 0 radical (unpaired) electrons. The van der Waals surface area contributed by atoms with Gasteiger partial charge in [0.05, 0.1) is 0 Å². The second-order valence-electron chi connectivity index (χ2n) is 7.31. The van der Waals surface area contributed by atoms with Crippen molar-refractivity contribution < 1.29 is 14.4 Å². The monoisotopic (exact) mass is 487 g/mol. The maximum absolute atomic E-state index is 13.2. The van der Waals surface area contributed by atoms with Crippen molar-refractivity contribution >= 4 is 39.5 Å². The van der Waals surface area contributed by atoms with Crippen LogP contribution in [0.15, 0.2) is 53.0 Å². The Morgan fingerprint density at radius 2 is 1.81 bits per heavy atom. The van der Waals surface area contributed by atoms with E-state index < -0.39 is 18.1 Å². The van der Waals surface area contributed by atoms with E-state index in [0.29, 0.717) is 30.8 Å². The fraction of sp³-hybridized carbons (Fsp3) is 0.318. The number of nitrogens with two attached hydrogens (primary N) is 1. The van der Waals surface area contributed by atoms with Crippen LogP contribution in [0.1, 0.15) is 22.3 Å². The maximum atomic E-state index is 13.2. The summed E-state index contributed by atoms with van der Waals surface area (Å²) in [7, 11) is 0. The number of nitrogens with zero attached hydrogens (tertiary/aromatic N) is 2. The van der Waals surface area contributed by atoms with Gasteiger partial charge in [-0.25, -0.2) is 4.79 Å². The smallest absolute Gasteiger partial charge is 0.323 e. The number of amides is 4. The van der Waals surface area contributed by atoms with Gasteiger partial charge in [0.15, 0.2) is 6.17 Å². The van der Waals surface area contributed by atoms with Gasteiger partial charge in [0, 0.05) is 41.9 Å². The Labute approximate surface area is 189 Å². The maximum Gasteiger partial charge on any atom is 0.323 e. The van der Waals surface area contributed by atoms with Gasteiger partial charge in [0.25, 0.3) is 11.8 Å². The zero-order valence-electron chi connectivity index (χ0n) is 17.3. The first-order chi connectivity index (χ1) is 14.9. The molecule has 1 atom stereocenters. The fourth-order valence-electron chi connectivity index (χ4n) is 3.44. The van der Waals surface area contributed by atoms with Crippen molar-refractivity contribution in [3.8, 4) is 0 Å². The van der Waals surface area contributed by atoms with Crippen LogP contribution in [-0.2, 0) is 4.79 Å². The molecule has 8 nitrogen and oxygen atoms in total. The van der Waals surface area contributed by atoms with Gasteiger partial charge in [-0.05, 0) is 43.7 Å². The minimum absolute atomic E-state index is 0.253. The molecule has 31 heavy (non-hydrogen) atoms. The minimum Gasteiger partial charge on any atom is -0.351 e. The van der Waals surface area contributed by atoms with Crippen molar-refractivity contribution in [1.82, 2.24) is 15.1 Å². The highest BCUT2D eigenvalue weighted by atomic mass is 79.9. The number of hydrogen-bond acceptors (Lipinski definition) is 4. The van der Waals surface area contributed by atoms with E-state index in [4.69, 9.17) is 5.73 Å². The molecule has 164 valence electrons. The van der Waals surface area contributed by atoms with E-state index in [1.165, 1.54) is 9.80 Å². The number of anilines is 1. The van der Waals surface area contributed by atoms with Crippen molar-refractivity contribution in [1.29, 1.82) is 0 Å². The minimum atomic E-state index is -1.07. The van der Waals surface area contributed by atoms with Gasteiger partial charge >= 0.3 is 6.03 Å². The molecule has 4 N–H and O–H groups in total. The highest BCUT2D eigenvalue weighted by Gasteiger charge is 2.40. The lowest BCUT2D eigenvalue weighted by Crippen LogP contribution is -2.64. The molecule has 1 saturated heterocycles. The van der Waals surface area contributed by atoms with Crippen molar-refractivity contribution in [3.05, 3.63) is 64.1 Å². The largest absolute Gasteiger partial charge is 0.351 e. The van der Waals surface area contributed by atoms with Crippen LogP contribution in [0.4, 0.5) is 10.5 Å². The van der Waals surface area contributed by atoms with E-state index in [0.717, 1.165) is 10.0 Å². The summed E-state index contributed by atoms with van der Waals surface area (Å²) in [6.45, 7) is 3.16. The zero-order chi connectivity index (χ0) is 22.4. The summed E-state index contributed by atoms with van der Waals surface area (Å²) >= 11 is 3.38. The molecule has 1 unspecified atom stereocenters. The third kappa shape index (κ3) is 5.62. The number of halogens is 1. The lowest BCUT2D eigenvalue weighted by atomic mass is 10.1. The summed E-state index contributed by atoms with van der Waals surface area (Å²) in [6, 6.07) is 13.9. The molecule has 1 aliphatic rings. The molecule has 9 heteroatoms. The molecule has 0 bridgehead atoms. The number of hydrogen-bond donors (Lipinski definition) is 3. The number of rotatable bonds is 5. The summed E-state index contributed by atoms with van der Waals surface area (Å²) < 4.78 is 0.817. The van der Waals surface area contributed by atoms with Crippen molar-refractivity contribution in [2.75, 3.05) is 31.5 Å². The van der Waals surface area contributed by atoms with Gasteiger partial charge in [-0.3, -0.25) is 14.5 Å². The van der Waals surface area contributed by atoms with Crippen molar-refractivity contribution in [3.63, 3.8) is 0 Å². The number of urea groups is 1. The molecule has 2 aromatic rings. The number of carbonyl (C=O) groups excluding carboxylic acids is 3. The molecule has 0 aliphatic carbocycles. The molecule has 3 rings (SSSR count). The predicted molar refractivity (Wildman–Crippen MR) is 123 cm³/mol. The van der Waals surface area contributed by atoms with E-state index in [1.807, 2.05) is 25.1 Å². The molecule has 0 spiro atoms. The lowest BCUT2D eigenvalue weighted by Gasteiger charge is -2.42. The quantitative estimate of drug-likeness (QED) is 0.601. The first-order valence-electron chi connectivity index (χ1n) is 10.1. The summed E-state index contributed by atoms with van der Waals surface area (Å²) in [5.41, 5.74) is 7.61. The summed E-state index contributed by atoms with van der Waals surface area (Å²) in [5.74, 6) is -0.733. The van der Waals surface area contributed by atoms with E-state index in [2.05, 4.69) is 26.6 Å². The van der Waals surface area contributed by atoms with Crippen LogP contribution in [0.5, 0.6) is 0 Å². The van der Waals surface area contributed by atoms with Crippen LogP contribution in [-0.4, -0.2) is 60.0 Å². The van der Waals surface area contributed by atoms with Crippen LogP contribution in [0, 0.1) is 6.92 Å². The average molecular weight is 488 g/mol. The Balaban J connectivity index is 1.87. The van der Waals surface area contributed by atoms with Gasteiger partial charge in [0.1, 0.15) is 0 Å². The normalized spacial score (nSPS) is 16.0. The van der Waals surface area contributed by atoms with Crippen LogP contribution in [0.25, 0.3) is 0 Å². The SMILES string of the molecule is Cc1ccc(C(=O)N2CCCN(C(=O)Nc3cccc(Br)c3)C2C(=O)NCCN)cc1. The van der Waals surface area contributed by atoms with E-state index in [1.54, 1.807) is 30.3 Å². The average Bonchev–Trinajstić information content (AvgIpc) is 2.77. The molecular formula is C22H26BrN5O3. The van der Waals surface area contributed by atoms with E-state index in [9.17, 15) is 14.4 Å². The predicted octanol–water partition coefficient (Wildman–Crippen LogP) is 2.54. The second kappa shape index (κ2) is 10.4. The number of carbonyl (C=O) groups is 3. The Morgan fingerprint density at radius 1 is 1.10 bits per heavy atom. The van der Waals surface area contributed by atoms with Crippen LogP contribution in [0.3, 0.4) is 0 Å². The molecule has 1 aliphatic heterocycles. The van der Waals surface area contributed by atoms with Gasteiger partial charge in [-0.15, -0.1) is 0 Å². The molecule has 0 aromatic heterocycles. The third-order valence-corrected chi connectivity index (χ3v) is 5.46. The van der Waals surface area contributed by atoms with Crippen LogP contribution >= 0.6 is 15.9 Å². The molecule has 2 aromatic carbocycles. The molecular weight excluding hydrogens is 462 g/mol. The Hall–Kier alpha value is -2.91. The number of nitrogens with one attached hydrogen (secondary N) is 2. The number of benzene rings is 2. The van der Waals surface area contributed by atoms with E-state index >= 15 is 0 Å². The third-order valence-electron chi connectivity index (χ3n) is 4.96. The Kier molecular flexibility index (Phi) is 7.64. The first-order valence-corrected chi connectivity index (χ1v) is 10.9. The summed E-state index contributed by atoms with van der Waals surface area (Å²) in [5, 5.41) is 5.53. The highest BCUT2D eigenvalue weighted by molar-refractivity contribution is 9.10. The molecule has 0 saturated carbocycles. The lowest BCUT2D eigenvalue weighted by molar-refractivity contribution is -0.132. The standard InChI is InChI=1S/C22H26BrN5O3/c1-15-6-8-16(9-7-15)21(30)27-12-3-13-28(20(27)19(29)25-11-10-24)22(31)26-18-5-2-4-17(23)14-18/h2,4-9,14,20H,3,10-13,24H2,1H3,(H,25,29)(H,26,31). The van der Waals surface area contributed by atoms with Gasteiger partial charge in [-0.1, -0.05) is 39.7 Å². The van der Waals surface area contributed by atoms with Crippen molar-refractivity contribution in [2.24, 2.45) is 5.73 Å². The molecule has 4 amide bonds. The van der Waals surface area contributed by atoms with Gasteiger partial charge in [-0.2, -0.15) is 0 Å². The summed E-state index contributed by atoms with van der Waals surface area (Å²) in [6.07, 6.45) is -0.509. The summed E-state index contributed by atoms with van der Waals surface area (Å²) in [4.78, 5) is 42.1. The molecule has 1 fully saturated rings. The zero-order valence-corrected chi connectivity index (χ0v) is 18.9. The van der Waals surface area contributed by atoms with Gasteiger partial charge < -0.3 is 21.3 Å². The Morgan fingerprint density at radius 3 is 2.48 bits per heavy atom. The van der Waals surface area contributed by atoms with Crippen LogP contribution < -0.4 is 16.4 Å². The first kappa shape index (κ1) is 22.8. The van der Waals surface area contributed by atoms with E-state index in [-0.39, 0.29) is 19.0 Å². The topological polar surface area (TPSA) is 108 Å². The van der Waals surface area contributed by atoms with Crippen molar-refractivity contribution in [2.45, 2.75) is 19.5 Å². The van der Waals surface area contributed by atoms with Gasteiger partial charge in [0.2, 0.25) is 0 Å².